The highest BCUT2D eigenvalue weighted by molar-refractivity contribution is 6.06. The molecule has 4 rings (SSSR count). The van der Waals surface area contributed by atoms with Crippen LogP contribution in [0.25, 0.3) is 33.0 Å². The van der Waals surface area contributed by atoms with Crippen LogP contribution in [0.1, 0.15) is 0 Å². The summed E-state index contributed by atoms with van der Waals surface area (Å²) in [7, 11) is 0. The van der Waals surface area contributed by atoms with Gasteiger partial charge in [-0.25, -0.2) is 19.9 Å². The number of nitrogens with zero attached hydrogens (tertiary/aromatic N) is 4. The van der Waals surface area contributed by atoms with Crippen molar-refractivity contribution in [3.8, 4) is 0 Å². The third kappa shape index (κ3) is 1.01. The van der Waals surface area contributed by atoms with Gasteiger partial charge >= 0.3 is 5.56 Å². The quantitative estimate of drug-likeness (QED) is 0.409. The van der Waals surface area contributed by atoms with E-state index in [0.29, 0.717) is 33.0 Å². The Kier molecular flexibility index (Phi) is 1.51. The maximum atomic E-state index is 11.6. The van der Waals surface area contributed by atoms with Gasteiger partial charge in [0.2, 0.25) is 0 Å². The zero-order valence-electron chi connectivity index (χ0n) is 8.91. The van der Waals surface area contributed by atoms with Gasteiger partial charge in [0, 0.05) is 5.39 Å². The highest BCUT2D eigenvalue weighted by Gasteiger charge is 2.12. The van der Waals surface area contributed by atoms with Crippen LogP contribution in [0.5, 0.6) is 0 Å². The van der Waals surface area contributed by atoms with E-state index in [1.54, 1.807) is 18.2 Å². The summed E-state index contributed by atoms with van der Waals surface area (Å²) >= 11 is 0. The zero-order valence-corrected chi connectivity index (χ0v) is 8.91. The number of rotatable bonds is 0. The Balaban J connectivity index is 2.36. The Morgan fingerprint density at radius 3 is 2.67 bits per heavy atom. The predicted molar refractivity (Wildman–Crippen MR) is 65.1 cm³/mol. The lowest BCUT2D eigenvalue weighted by atomic mass is 10.1. The summed E-state index contributed by atoms with van der Waals surface area (Å²) in [5.74, 6) is 0. The van der Waals surface area contributed by atoms with Crippen LogP contribution in [-0.4, -0.2) is 19.9 Å². The molecule has 0 bridgehead atoms. The van der Waals surface area contributed by atoms with Crippen molar-refractivity contribution in [1.82, 2.24) is 19.9 Å². The van der Waals surface area contributed by atoms with Crippen LogP contribution in [0.4, 0.5) is 0 Å². The molecule has 18 heavy (non-hydrogen) atoms. The molecular formula is C12H4N4O2. The second kappa shape index (κ2) is 2.92. The largest absolute Gasteiger partial charge is 0.318 e. The number of pyridine rings is 1. The van der Waals surface area contributed by atoms with Crippen molar-refractivity contribution in [3.05, 3.63) is 45.1 Å². The minimum absolute atomic E-state index is 0.327. The number of hydrogen-bond donors (Lipinski definition) is 0. The van der Waals surface area contributed by atoms with Crippen LogP contribution in [0.3, 0.4) is 0 Å². The average molecular weight is 236 g/mol. The molecule has 0 saturated heterocycles. The van der Waals surface area contributed by atoms with Gasteiger partial charge in [0.15, 0.2) is 5.65 Å². The summed E-state index contributed by atoms with van der Waals surface area (Å²) in [5, 5.41) is 0.980. The smallest absolute Gasteiger partial charge is 0.283 e. The summed E-state index contributed by atoms with van der Waals surface area (Å²) in [6.07, 6.45) is 1.42. The van der Waals surface area contributed by atoms with Crippen molar-refractivity contribution in [2.75, 3.05) is 0 Å². The number of benzene rings is 1. The predicted octanol–water partition coefficient (Wildman–Crippen LogP) is 0.322. The van der Waals surface area contributed by atoms with Gasteiger partial charge in [-0.3, -0.25) is 9.59 Å². The molecule has 0 N–H and O–H groups in total. The Morgan fingerprint density at radius 1 is 0.889 bits per heavy atom. The van der Waals surface area contributed by atoms with E-state index in [9.17, 15) is 9.59 Å². The molecule has 0 saturated carbocycles. The van der Waals surface area contributed by atoms with E-state index in [0.717, 1.165) is 0 Å². The Morgan fingerprint density at radius 2 is 1.78 bits per heavy atom. The van der Waals surface area contributed by atoms with E-state index in [-0.39, 0.29) is 0 Å². The van der Waals surface area contributed by atoms with Crippen molar-refractivity contribution >= 4 is 33.0 Å². The fourth-order valence-corrected chi connectivity index (χ4v) is 2.12. The van der Waals surface area contributed by atoms with Crippen molar-refractivity contribution in [1.29, 1.82) is 0 Å². The van der Waals surface area contributed by atoms with Crippen LogP contribution in [0, 0.1) is 0 Å². The molecule has 0 aliphatic heterocycles. The van der Waals surface area contributed by atoms with Gasteiger partial charge in [-0.05, 0) is 18.2 Å². The molecular weight excluding hydrogens is 232 g/mol. The molecule has 6 nitrogen and oxygen atoms in total. The van der Waals surface area contributed by atoms with Crippen molar-refractivity contribution in [2.45, 2.75) is 0 Å². The van der Waals surface area contributed by atoms with Crippen LogP contribution in [0.15, 0.2) is 34.1 Å². The van der Waals surface area contributed by atoms with Gasteiger partial charge in [-0.15, -0.1) is 0 Å². The molecule has 4 aromatic rings. The molecule has 1 aromatic carbocycles. The molecule has 3 aromatic heterocycles. The third-order valence-electron chi connectivity index (χ3n) is 2.96. The second-order valence-electron chi connectivity index (χ2n) is 3.98. The first-order valence-corrected chi connectivity index (χ1v) is 5.25. The van der Waals surface area contributed by atoms with Gasteiger partial charge in [0.1, 0.15) is 11.8 Å². The lowest BCUT2D eigenvalue weighted by molar-refractivity contribution is 1.32. The summed E-state index contributed by atoms with van der Waals surface area (Å²) in [6, 6.07) is 5.01. The Hall–Kier alpha value is -2.76. The summed E-state index contributed by atoms with van der Waals surface area (Å²) in [6.45, 7) is 0. The van der Waals surface area contributed by atoms with Gasteiger partial charge < -0.3 is 0 Å². The van der Waals surface area contributed by atoms with Crippen LogP contribution in [0.2, 0.25) is 0 Å². The molecule has 6 heteroatoms. The van der Waals surface area contributed by atoms with E-state index < -0.39 is 11.0 Å². The maximum absolute atomic E-state index is 11.6. The van der Waals surface area contributed by atoms with Crippen LogP contribution in [-0.2, 0) is 0 Å². The van der Waals surface area contributed by atoms with Crippen molar-refractivity contribution in [3.63, 3.8) is 0 Å². The third-order valence-corrected chi connectivity index (χ3v) is 2.96. The molecule has 0 atom stereocenters. The first-order valence-electron chi connectivity index (χ1n) is 5.25. The standard InChI is InChI=1S/C12H4N4O2/c17-10-5-1-2-7-6(9(5)16-12(10)18)3-8-11(15-7)14-4-13-8/h1-4H. The van der Waals surface area contributed by atoms with E-state index in [1.165, 1.54) is 6.33 Å². The first-order chi connectivity index (χ1) is 8.74. The normalized spacial score (nSPS) is 11.8. The Labute approximate surface area is 98.7 Å². The first kappa shape index (κ1) is 9.29. The van der Waals surface area contributed by atoms with Gasteiger partial charge in [-0.2, -0.15) is 0 Å². The lowest BCUT2D eigenvalue weighted by Gasteiger charge is -1.97. The van der Waals surface area contributed by atoms with E-state index in [4.69, 9.17) is 0 Å². The number of hydrogen-bond acceptors (Lipinski definition) is 6. The molecule has 0 aliphatic rings. The molecule has 0 unspecified atom stereocenters. The fraction of sp³-hybridized carbons (Fsp3) is 0. The summed E-state index contributed by atoms with van der Waals surface area (Å²) < 4.78 is 0. The maximum Gasteiger partial charge on any atom is 0.318 e. The van der Waals surface area contributed by atoms with Crippen LogP contribution < -0.4 is 11.0 Å². The topological polar surface area (TPSA) is 85.7 Å². The van der Waals surface area contributed by atoms with Crippen LogP contribution >= 0.6 is 0 Å². The highest BCUT2D eigenvalue weighted by Crippen LogP contribution is 2.22. The van der Waals surface area contributed by atoms with Gasteiger partial charge in [0.05, 0.1) is 16.4 Å². The van der Waals surface area contributed by atoms with E-state index >= 15 is 0 Å². The van der Waals surface area contributed by atoms with Gasteiger partial charge in [-0.1, -0.05) is 0 Å². The summed E-state index contributed by atoms with van der Waals surface area (Å²) in [4.78, 5) is 39.0. The minimum Gasteiger partial charge on any atom is -0.283 e. The molecule has 0 radical (unpaired) electrons. The number of fused-ring (bicyclic) bond motifs is 4. The minimum atomic E-state index is -0.730. The van der Waals surface area contributed by atoms with Crippen molar-refractivity contribution < 1.29 is 0 Å². The van der Waals surface area contributed by atoms with Crippen molar-refractivity contribution in [2.24, 2.45) is 0 Å². The number of aromatic nitrogens is 4. The Bertz CT molecular complexity index is 1020. The lowest BCUT2D eigenvalue weighted by Crippen LogP contribution is -2.18. The zero-order chi connectivity index (χ0) is 12.3. The van der Waals surface area contributed by atoms with Gasteiger partial charge in [0.25, 0.3) is 5.43 Å². The highest BCUT2D eigenvalue weighted by atomic mass is 16.2. The SMILES string of the molecule is O=c1nc2c(ccc3nc4ncnc4cc32)c1=O. The molecule has 84 valence electrons. The average Bonchev–Trinajstić information content (AvgIpc) is 2.93. The molecule has 0 aliphatic carbocycles. The molecule has 3 heterocycles. The second-order valence-corrected chi connectivity index (χ2v) is 3.98. The number of imidazole rings is 1. The molecule has 0 amide bonds. The monoisotopic (exact) mass is 236 g/mol. The van der Waals surface area contributed by atoms with E-state index in [1.807, 2.05) is 0 Å². The molecule has 0 fully saturated rings. The fourth-order valence-electron chi connectivity index (χ4n) is 2.12. The summed E-state index contributed by atoms with van der Waals surface area (Å²) in [5.41, 5.74) is 0.899. The molecule has 0 spiro atoms. The van der Waals surface area contributed by atoms with E-state index in [2.05, 4.69) is 19.9 Å².